The van der Waals surface area contributed by atoms with Gasteiger partial charge in [-0.1, -0.05) is 71.5 Å². The highest BCUT2D eigenvalue weighted by Crippen LogP contribution is 2.20. The van der Waals surface area contributed by atoms with Crippen LogP contribution < -0.4 is 0 Å². The van der Waals surface area contributed by atoms with Crippen molar-refractivity contribution in [3.63, 3.8) is 0 Å². The van der Waals surface area contributed by atoms with Crippen LogP contribution in [0.4, 0.5) is 0 Å². The van der Waals surface area contributed by atoms with Gasteiger partial charge in [-0.3, -0.25) is 0 Å². The molecule has 22 heavy (non-hydrogen) atoms. The first-order chi connectivity index (χ1) is 10.7. The molecule has 0 heteroatoms. The van der Waals surface area contributed by atoms with Crippen molar-refractivity contribution in [1.29, 1.82) is 0 Å². The minimum absolute atomic E-state index is 1.04. The molecule has 3 rings (SSSR count). The van der Waals surface area contributed by atoms with Gasteiger partial charge in [0.25, 0.3) is 0 Å². The van der Waals surface area contributed by atoms with Crippen molar-refractivity contribution in [3.8, 4) is 23.0 Å². The molecule has 0 N–H and O–H groups in total. The number of hydrogen-bond donors (Lipinski definition) is 0. The van der Waals surface area contributed by atoms with Gasteiger partial charge in [0.1, 0.15) is 0 Å². The predicted octanol–water partition coefficient (Wildman–Crippen LogP) is 5.37. The fourth-order valence-electron chi connectivity index (χ4n) is 2.27. The van der Waals surface area contributed by atoms with E-state index in [9.17, 15) is 0 Å². The average molecular weight is 282 g/mol. The Kier molecular flexibility index (Phi) is 4.08. The summed E-state index contributed by atoms with van der Waals surface area (Å²) < 4.78 is 0. The highest BCUT2D eigenvalue weighted by atomic mass is 14.0. The van der Waals surface area contributed by atoms with Gasteiger partial charge in [0.15, 0.2) is 0 Å². The van der Waals surface area contributed by atoms with Gasteiger partial charge in [0, 0.05) is 11.1 Å². The van der Waals surface area contributed by atoms with Crippen molar-refractivity contribution in [3.05, 3.63) is 95.1 Å². The van der Waals surface area contributed by atoms with E-state index < -0.39 is 0 Å². The van der Waals surface area contributed by atoms with E-state index in [4.69, 9.17) is 0 Å². The van der Waals surface area contributed by atoms with Gasteiger partial charge in [-0.2, -0.15) is 0 Å². The molecule has 0 aliphatic heterocycles. The zero-order valence-corrected chi connectivity index (χ0v) is 12.9. The van der Waals surface area contributed by atoms with Crippen molar-refractivity contribution in [2.75, 3.05) is 0 Å². The number of benzene rings is 3. The maximum absolute atomic E-state index is 3.22. The van der Waals surface area contributed by atoms with E-state index in [0.717, 1.165) is 11.1 Å². The minimum atomic E-state index is 1.04. The molecule has 0 atom stereocenters. The zero-order chi connectivity index (χ0) is 15.4. The quantitative estimate of drug-likeness (QED) is 0.526. The Morgan fingerprint density at radius 3 is 1.23 bits per heavy atom. The van der Waals surface area contributed by atoms with Crippen LogP contribution in [0.1, 0.15) is 22.3 Å². The molecule has 0 heterocycles. The molecule has 0 aliphatic rings. The van der Waals surface area contributed by atoms with Crippen molar-refractivity contribution in [2.24, 2.45) is 0 Å². The maximum atomic E-state index is 3.22. The fraction of sp³-hybridized carbons (Fsp3) is 0.0909. The Labute approximate surface area is 132 Å². The molecule has 0 bridgehead atoms. The fourth-order valence-corrected chi connectivity index (χ4v) is 2.27. The van der Waals surface area contributed by atoms with Crippen LogP contribution in [0.25, 0.3) is 11.1 Å². The second kappa shape index (κ2) is 6.33. The Balaban J connectivity index is 1.80. The lowest BCUT2D eigenvalue weighted by atomic mass is 10.0. The first-order valence-electron chi connectivity index (χ1n) is 7.46. The summed E-state index contributed by atoms with van der Waals surface area (Å²) in [7, 11) is 0. The summed E-state index contributed by atoms with van der Waals surface area (Å²) in [4.78, 5) is 0. The van der Waals surface area contributed by atoms with Crippen molar-refractivity contribution < 1.29 is 0 Å². The first-order valence-corrected chi connectivity index (χ1v) is 7.46. The standard InChI is InChI=1S/C22H18/c1-17-3-7-19(8-4-17)9-10-20-11-15-22(16-12-20)21-13-5-18(2)6-14-21/h3-8,11-16H,1-2H3. The predicted molar refractivity (Wildman–Crippen MR) is 93.8 cm³/mol. The van der Waals surface area contributed by atoms with E-state index in [1.54, 1.807) is 0 Å². The second-order valence-corrected chi connectivity index (χ2v) is 5.56. The van der Waals surface area contributed by atoms with Crippen LogP contribution in [0.3, 0.4) is 0 Å². The molecule has 106 valence electrons. The van der Waals surface area contributed by atoms with E-state index in [1.807, 2.05) is 0 Å². The highest BCUT2D eigenvalue weighted by molar-refractivity contribution is 5.64. The van der Waals surface area contributed by atoms with E-state index >= 15 is 0 Å². The summed E-state index contributed by atoms with van der Waals surface area (Å²) in [5.74, 6) is 6.42. The Bertz CT molecular complexity index is 808. The normalized spacial score (nSPS) is 9.91. The van der Waals surface area contributed by atoms with Crippen LogP contribution in [0, 0.1) is 25.7 Å². The molecule has 0 radical (unpaired) electrons. The first kappa shape index (κ1) is 14.2. The SMILES string of the molecule is Cc1ccc(C#Cc2ccc(-c3ccc(C)cc3)cc2)cc1. The molecular weight excluding hydrogens is 264 g/mol. The smallest absolute Gasteiger partial charge is 0.0249 e. The van der Waals surface area contributed by atoms with Gasteiger partial charge in [-0.05, 0) is 49.2 Å². The van der Waals surface area contributed by atoms with E-state index in [0.29, 0.717) is 0 Å². The minimum Gasteiger partial charge on any atom is -0.0617 e. The molecule has 0 aliphatic carbocycles. The summed E-state index contributed by atoms with van der Waals surface area (Å²) in [5.41, 5.74) is 7.09. The van der Waals surface area contributed by atoms with Gasteiger partial charge >= 0.3 is 0 Å². The summed E-state index contributed by atoms with van der Waals surface area (Å²) in [5, 5.41) is 0. The highest BCUT2D eigenvalue weighted by Gasteiger charge is 1.96. The maximum Gasteiger partial charge on any atom is 0.0249 e. The number of rotatable bonds is 1. The lowest BCUT2D eigenvalue weighted by Gasteiger charge is -2.02. The van der Waals surface area contributed by atoms with Crippen LogP contribution in [-0.2, 0) is 0 Å². The third-order valence-electron chi connectivity index (χ3n) is 3.67. The van der Waals surface area contributed by atoms with Gasteiger partial charge in [0.2, 0.25) is 0 Å². The lowest BCUT2D eigenvalue weighted by molar-refractivity contribution is 1.46. The number of aryl methyl sites for hydroxylation is 2. The summed E-state index contributed by atoms with van der Waals surface area (Å²) in [6.45, 7) is 4.19. The van der Waals surface area contributed by atoms with Gasteiger partial charge in [-0.15, -0.1) is 0 Å². The van der Waals surface area contributed by atoms with Crippen molar-refractivity contribution in [2.45, 2.75) is 13.8 Å². The number of hydrogen-bond acceptors (Lipinski definition) is 0. The van der Waals surface area contributed by atoms with Crippen molar-refractivity contribution >= 4 is 0 Å². The molecule has 0 saturated heterocycles. The van der Waals surface area contributed by atoms with E-state index in [1.165, 1.54) is 22.3 Å². The van der Waals surface area contributed by atoms with Gasteiger partial charge < -0.3 is 0 Å². The molecule has 0 fully saturated rings. The topological polar surface area (TPSA) is 0 Å². The van der Waals surface area contributed by atoms with Crippen molar-refractivity contribution in [1.82, 2.24) is 0 Å². The van der Waals surface area contributed by atoms with Crippen LogP contribution in [0.5, 0.6) is 0 Å². The monoisotopic (exact) mass is 282 g/mol. The Morgan fingerprint density at radius 2 is 0.773 bits per heavy atom. The molecule has 0 amide bonds. The van der Waals surface area contributed by atoms with Crippen LogP contribution >= 0.6 is 0 Å². The Morgan fingerprint density at radius 1 is 0.455 bits per heavy atom. The van der Waals surface area contributed by atoms with Crippen LogP contribution in [0.15, 0.2) is 72.8 Å². The molecule has 0 aromatic heterocycles. The molecule has 0 saturated carbocycles. The largest absolute Gasteiger partial charge is 0.0617 e. The second-order valence-electron chi connectivity index (χ2n) is 5.56. The molecular formula is C22H18. The van der Waals surface area contributed by atoms with E-state index in [-0.39, 0.29) is 0 Å². The summed E-state index contributed by atoms with van der Waals surface area (Å²) in [6, 6.07) is 25.3. The molecule has 0 unspecified atom stereocenters. The van der Waals surface area contributed by atoms with Crippen LogP contribution in [-0.4, -0.2) is 0 Å². The molecule has 3 aromatic carbocycles. The third-order valence-corrected chi connectivity index (χ3v) is 3.67. The third kappa shape index (κ3) is 3.45. The van der Waals surface area contributed by atoms with E-state index in [2.05, 4.69) is 98.5 Å². The summed E-state index contributed by atoms with van der Waals surface area (Å²) >= 11 is 0. The Hall–Kier alpha value is -2.78. The summed E-state index contributed by atoms with van der Waals surface area (Å²) in [6.07, 6.45) is 0. The van der Waals surface area contributed by atoms with Gasteiger partial charge in [-0.25, -0.2) is 0 Å². The van der Waals surface area contributed by atoms with Crippen LogP contribution in [0.2, 0.25) is 0 Å². The van der Waals surface area contributed by atoms with Gasteiger partial charge in [0.05, 0.1) is 0 Å². The molecule has 0 spiro atoms. The lowest BCUT2D eigenvalue weighted by Crippen LogP contribution is -1.80. The molecule has 3 aromatic rings. The average Bonchev–Trinajstić information content (AvgIpc) is 2.56. The zero-order valence-electron chi connectivity index (χ0n) is 12.9. The molecule has 0 nitrogen and oxygen atoms in total.